The van der Waals surface area contributed by atoms with Gasteiger partial charge in [-0.2, -0.15) is 0 Å². The minimum atomic E-state index is -3.55. The van der Waals surface area contributed by atoms with E-state index in [1.807, 2.05) is 66.7 Å². The molecule has 2 atom stereocenters. The lowest BCUT2D eigenvalue weighted by Gasteiger charge is -2.24. The van der Waals surface area contributed by atoms with Gasteiger partial charge in [0.1, 0.15) is 23.3 Å². The number of benzene rings is 4. The number of fused-ring (bicyclic) bond motifs is 3. The fourth-order valence-electron chi connectivity index (χ4n) is 5.10. The van der Waals surface area contributed by atoms with Gasteiger partial charge in [0, 0.05) is 28.4 Å². The van der Waals surface area contributed by atoms with Crippen molar-refractivity contribution in [2.75, 3.05) is 14.2 Å². The Balaban J connectivity index is 1.41. The Morgan fingerprint density at radius 2 is 1.33 bits per heavy atom. The van der Waals surface area contributed by atoms with Gasteiger partial charge in [0.05, 0.1) is 26.5 Å². The first-order valence-corrected chi connectivity index (χ1v) is 16.0. The SMILES string of the molecule is COc1ccc2c(c1)c1cc(OC)ccc1n2Cc1ccc(CP(=O)(N[C@@H](C)C(=O)OC(C)C)Oc2ccccc2)cc1. The number of rotatable bonds is 12. The number of hydrogen-bond acceptors (Lipinski definition) is 6. The average Bonchev–Trinajstić information content (AvgIpc) is 3.29. The second-order valence-electron chi connectivity index (χ2n) is 10.7. The van der Waals surface area contributed by atoms with Gasteiger partial charge in [0.25, 0.3) is 0 Å². The van der Waals surface area contributed by atoms with E-state index in [0.29, 0.717) is 12.3 Å². The minimum Gasteiger partial charge on any atom is -0.497 e. The van der Waals surface area contributed by atoms with Crippen LogP contribution in [-0.4, -0.2) is 36.9 Å². The van der Waals surface area contributed by atoms with Crippen molar-refractivity contribution >= 4 is 35.3 Å². The summed E-state index contributed by atoms with van der Waals surface area (Å²) in [5.41, 5.74) is 4.06. The first-order valence-electron chi connectivity index (χ1n) is 14.2. The van der Waals surface area contributed by atoms with Crippen LogP contribution in [0.1, 0.15) is 31.9 Å². The maximum Gasteiger partial charge on any atom is 0.323 e. The van der Waals surface area contributed by atoms with Crippen molar-refractivity contribution in [2.24, 2.45) is 0 Å². The maximum absolute atomic E-state index is 14.1. The third kappa shape index (κ3) is 7.04. The molecule has 0 aliphatic carbocycles. The molecule has 1 heterocycles. The molecule has 5 aromatic rings. The van der Waals surface area contributed by atoms with Crippen LogP contribution in [0.25, 0.3) is 21.8 Å². The normalized spacial score (nSPS) is 13.5. The molecule has 0 fully saturated rings. The summed E-state index contributed by atoms with van der Waals surface area (Å²) in [6, 6.07) is 28.3. The molecule has 5 rings (SSSR count). The Kier molecular flexibility index (Phi) is 9.09. The lowest BCUT2D eigenvalue weighted by Crippen LogP contribution is -2.36. The summed E-state index contributed by atoms with van der Waals surface area (Å²) in [4.78, 5) is 12.5. The van der Waals surface area contributed by atoms with Gasteiger partial charge < -0.3 is 23.3 Å². The van der Waals surface area contributed by atoms with Crippen LogP contribution in [0.15, 0.2) is 91.0 Å². The summed E-state index contributed by atoms with van der Waals surface area (Å²) in [5, 5.41) is 5.11. The first kappa shape index (κ1) is 30.2. The average molecular weight is 601 g/mol. The first-order chi connectivity index (χ1) is 20.7. The van der Waals surface area contributed by atoms with Crippen molar-refractivity contribution in [3.05, 3.63) is 102 Å². The number of carbonyl (C=O) groups excluding carboxylic acids is 1. The zero-order chi connectivity index (χ0) is 30.6. The van der Waals surface area contributed by atoms with Crippen molar-refractivity contribution in [2.45, 2.75) is 45.6 Å². The van der Waals surface area contributed by atoms with Gasteiger partial charge in [0.15, 0.2) is 0 Å². The van der Waals surface area contributed by atoms with Crippen LogP contribution in [0.5, 0.6) is 17.2 Å². The quantitative estimate of drug-likeness (QED) is 0.117. The lowest BCUT2D eigenvalue weighted by atomic mass is 10.1. The summed E-state index contributed by atoms with van der Waals surface area (Å²) in [6.45, 7) is 5.82. The van der Waals surface area contributed by atoms with E-state index in [4.69, 9.17) is 18.7 Å². The molecule has 0 saturated heterocycles. The van der Waals surface area contributed by atoms with E-state index in [9.17, 15) is 9.36 Å². The molecule has 9 heteroatoms. The van der Waals surface area contributed by atoms with E-state index in [0.717, 1.165) is 44.4 Å². The van der Waals surface area contributed by atoms with Crippen LogP contribution in [0, 0.1) is 0 Å². The molecule has 0 saturated carbocycles. The van der Waals surface area contributed by atoms with E-state index in [-0.39, 0.29) is 12.3 Å². The van der Waals surface area contributed by atoms with Gasteiger partial charge in [-0.05, 0) is 80.4 Å². The number of esters is 1. The van der Waals surface area contributed by atoms with Crippen LogP contribution < -0.4 is 19.1 Å². The highest BCUT2D eigenvalue weighted by molar-refractivity contribution is 7.56. The predicted octanol–water partition coefficient (Wildman–Crippen LogP) is 7.56. The number of hydrogen-bond donors (Lipinski definition) is 1. The molecule has 1 aromatic heterocycles. The lowest BCUT2D eigenvalue weighted by molar-refractivity contribution is -0.149. The summed E-state index contributed by atoms with van der Waals surface area (Å²) in [7, 11) is -0.216. The van der Waals surface area contributed by atoms with Crippen molar-refractivity contribution in [1.29, 1.82) is 0 Å². The molecule has 4 aromatic carbocycles. The zero-order valence-electron chi connectivity index (χ0n) is 25.1. The van der Waals surface area contributed by atoms with E-state index in [2.05, 4.69) is 21.8 Å². The molecular formula is C34H37N2O6P. The number of ether oxygens (including phenoxy) is 3. The number of nitrogens with zero attached hydrogens (tertiary/aromatic N) is 1. The summed E-state index contributed by atoms with van der Waals surface area (Å²) in [5.74, 6) is 1.56. The van der Waals surface area contributed by atoms with Crippen LogP contribution >= 0.6 is 7.52 Å². The molecule has 8 nitrogen and oxygen atoms in total. The Morgan fingerprint density at radius 3 is 1.86 bits per heavy atom. The predicted molar refractivity (Wildman–Crippen MR) is 170 cm³/mol. The highest BCUT2D eigenvalue weighted by atomic mass is 31.2. The molecule has 0 aliphatic rings. The molecule has 0 aliphatic heterocycles. The van der Waals surface area contributed by atoms with E-state index >= 15 is 0 Å². The fraction of sp³-hybridized carbons (Fsp3) is 0.265. The number of aromatic nitrogens is 1. The summed E-state index contributed by atoms with van der Waals surface area (Å²) < 4.78 is 38.7. The maximum atomic E-state index is 14.1. The molecule has 0 bridgehead atoms. The molecule has 0 amide bonds. The van der Waals surface area contributed by atoms with Crippen molar-refractivity contribution < 1.29 is 28.1 Å². The number of carbonyl (C=O) groups is 1. The second kappa shape index (κ2) is 12.9. The van der Waals surface area contributed by atoms with Crippen LogP contribution in [-0.2, 0) is 26.8 Å². The standard InChI is InChI=1S/C34H37N2O6P/c1-23(2)41-34(37)24(3)35-43(38,42-27-9-7-6-8-10-27)22-26-13-11-25(12-14-26)21-36-32-17-15-28(39-4)19-30(32)31-20-29(40-5)16-18-33(31)36/h6-20,23-24H,21-22H2,1-5H3,(H,35,38)/t24-,43?/m0/s1. The summed E-state index contributed by atoms with van der Waals surface area (Å²) >= 11 is 0. The topological polar surface area (TPSA) is 88.0 Å². The highest BCUT2D eigenvalue weighted by Gasteiger charge is 2.31. The van der Waals surface area contributed by atoms with Crippen LogP contribution in [0.2, 0.25) is 0 Å². The molecule has 0 radical (unpaired) electrons. The zero-order valence-corrected chi connectivity index (χ0v) is 26.0. The smallest absolute Gasteiger partial charge is 0.323 e. The Morgan fingerprint density at radius 1 is 0.767 bits per heavy atom. The van der Waals surface area contributed by atoms with E-state index in [1.54, 1.807) is 47.1 Å². The van der Waals surface area contributed by atoms with E-state index in [1.165, 1.54) is 0 Å². The molecule has 0 spiro atoms. The van der Waals surface area contributed by atoms with Gasteiger partial charge in [-0.3, -0.25) is 9.36 Å². The van der Waals surface area contributed by atoms with Crippen molar-refractivity contribution in [3.63, 3.8) is 0 Å². The van der Waals surface area contributed by atoms with Crippen LogP contribution in [0.3, 0.4) is 0 Å². The number of methoxy groups -OCH3 is 2. The Labute approximate surface area is 252 Å². The number of para-hydroxylation sites is 1. The monoisotopic (exact) mass is 600 g/mol. The largest absolute Gasteiger partial charge is 0.497 e. The van der Waals surface area contributed by atoms with E-state index < -0.39 is 19.5 Å². The van der Waals surface area contributed by atoms with Gasteiger partial charge >= 0.3 is 13.5 Å². The Hall–Kier alpha value is -4.26. The Bertz CT molecular complexity index is 1700. The fourth-order valence-corrected chi connectivity index (χ4v) is 7.16. The molecule has 1 unspecified atom stereocenters. The van der Waals surface area contributed by atoms with Gasteiger partial charge in [0.2, 0.25) is 0 Å². The highest BCUT2D eigenvalue weighted by Crippen LogP contribution is 2.47. The van der Waals surface area contributed by atoms with Gasteiger partial charge in [-0.25, -0.2) is 5.09 Å². The molecule has 224 valence electrons. The molecule has 43 heavy (non-hydrogen) atoms. The number of nitrogens with one attached hydrogen (secondary N) is 1. The summed E-state index contributed by atoms with van der Waals surface area (Å²) in [6.07, 6.45) is -0.187. The van der Waals surface area contributed by atoms with Crippen LogP contribution in [0.4, 0.5) is 0 Å². The van der Waals surface area contributed by atoms with Crippen molar-refractivity contribution in [3.8, 4) is 17.2 Å². The minimum absolute atomic E-state index is 0.0937. The molecule has 1 N–H and O–H groups in total. The van der Waals surface area contributed by atoms with Gasteiger partial charge in [-0.1, -0.05) is 42.5 Å². The van der Waals surface area contributed by atoms with Gasteiger partial charge in [-0.15, -0.1) is 0 Å². The van der Waals surface area contributed by atoms with Crippen molar-refractivity contribution in [1.82, 2.24) is 9.65 Å². The molecular weight excluding hydrogens is 563 g/mol. The second-order valence-corrected chi connectivity index (χ2v) is 12.8. The third-order valence-corrected chi connectivity index (χ3v) is 9.19. The third-order valence-electron chi connectivity index (χ3n) is 7.13.